The Morgan fingerprint density at radius 2 is 1.48 bits per heavy atom. The van der Waals surface area contributed by atoms with Crippen molar-refractivity contribution in [2.45, 2.75) is 56.1 Å². The average molecular weight is 860 g/mol. The summed E-state index contributed by atoms with van der Waals surface area (Å²) >= 11 is 0. The van der Waals surface area contributed by atoms with Gasteiger partial charge >= 0.3 is 18.0 Å². The molecule has 3 aliphatic rings. The number of nitrogens with zero attached hydrogens (tertiary/aromatic N) is 3. The van der Waals surface area contributed by atoms with E-state index in [1.54, 1.807) is 44.2 Å². The monoisotopic (exact) mass is 859 g/mol. The SMILES string of the molecule is COC(=O)C(NC(=O)N1C(=O)C2(c3cc(C#CCN(C)Cc4ccccc4)ccc31)C(C(N)=O)C1C(=O)OC(c3ccccc3)C(c3ccccc3)N1C2c1ccc(O)cc1)C(C)C. The Balaban J connectivity index is 1.37. The van der Waals surface area contributed by atoms with Crippen LogP contribution in [0.3, 0.4) is 0 Å². The molecule has 1 spiro atoms. The first kappa shape index (κ1) is 43.4. The number of carbonyl (C=O) groups excluding carboxylic acids is 5. The largest absolute Gasteiger partial charge is 0.508 e. The molecule has 13 heteroatoms. The lowest BCUT2D eigenvalue weighted by Crippen LogP contribution is -2.57. The van der Waals surface area contributed by atoms with Gasteiger partial charge in [-0.1, -0.05) is 129 Å². The van der Waals surface area contributed by atoms with Crippen LogP contribution in [0.15, 0.2) is 133 Å². The van der Waals surface area contributed by atoms with Crippen LogP contribution in [0.5, 0.6) is 5.75 Å². The minimum absolute atomic E-state index is 0.0601. The highest BCUT2D eigenvalue weighted by Crippen LogP contribution is 2.65. The number of amides is 4. The number of primary amides is 1. The molecule has 2 saturated heterocycles. The number of nitrogens with two attached hydrogens (primary N) is 1. The maximum Gasteiger partial charge on any atom is 0.329 e. The number of morpholine rings is 1. The summed E-state index contributed by atoms with van der Waals surface area (Å²) in [5.41, 5.74) is 8.14. The third-order valence-electron chi connectivity index (χ3n) is 12.5. The number of imide groups is 1. The summed E-state index contributed by atoms with van der Waals surface area (Å²) in [6.45, 7) is 4.49. The topological polar surface area (TPSA) is 172 Å². The summed E-state index contributed by atoms with van der Waals surface area (Å²) in [4.78, 5) is 78.0. The molecule has 0 radical (unpaired) electrons. The molecule has 0 aliphatic carbocycles. The highest BCUT2D eigenvalue weighted by Gasteiger charge is 2.75. The van der Waals surface area contributed by atoms with Crippen LogP contribution in [0.25, 0.3) is 0 Å². The summed E-state index contributed by atoms with van der Waals surface area (Å²) in [6, 6.07) is 34.1. The second kappa shape index (κ2) is 17.8. The molecule has 5 aromatic carbocycles. The van der Waals surface area contributed by atoms with Crippen molar-refractivity contribution in [2.75, 3.05) is 25.6 Å². The van der Waals surface area contributed by atoms with Crippen molar-refractivity contribution in [1.29, 1.82) is 0 Å². The van der Waals surface area contributed by atoms with Gasteiger partial charge in [0.2, 0.25) is 11.8 Å². The summed E-state index contributed by atoms with van der Waals surface area (Å²) < 4.78 is 11.4. The lowest BCUT2D eigenvalue weighted by molar-refractivity contribution is -0.178. The molecule has 13 nitrogen and oxygen atoms in total. The second-order valence-electron chi connectivity index (χ2n) is 16.8. The predicted molar refractivity (Wildman–Crippen MR) is 238 cm³/mol. The number of esters is 2. The lowest BCUT2D eigenvalue weighted by atomic mass is 9.65. The van der Waals surface area contributed by atoms with Gasteiger partial charge in [0, 0.05) is 12.1 Å². The molecule has 0 saturated carbocycles. The Kier molecular flexibility index (Phi) is 12.1. The van der Waals surface area contributed by atoms with Gasteiger partial charge in [-0.15, -0.1) is 0 Å². The van der Waals surface area contributed by atoms with Gasteiger partial charge in [0.05, 0.1) is 37.3 Å². The van der Waals surface area contributed by atoms with Gasteiger partial charge in [-0.05, 0) is 71.1 Å². The van der Waals surface area contributed by atoms with Crippen LogP contribution in [-0.4, -0.2) is 77.5 Å². The van der Waals surface area contributed by atoms with Gasteiger partial charge in [0.15, 0.2) is 0 Å². The van der Waals surface area contributed by atoms with Crippen molar-refractivity contribution in [2.24, 2.45) is 17.6 Å². The van der Waals surface area contributed by atoms with Crippen LogP contribution in [-0.2, 0) is 40.6 Å². The van der Waals surface area contributed by atoms with Crippen molar-refractivity contribution in [1.82, 2.24) is 15.1 Å². The molecule has 326 valence electrons. The number of carbonyl (C=O) groups is 5. The zero-order valence-corrected chi connectivity index (χ0v) is 35.9. The smallest absolute Gasteiger partial charge is 0.329 e. The second-order valence-corrected chi connectivity index (χ2v) is 16.8. The standard InChI is InChI=1S/C51H49N5O8/c1-31(2)41(47(59)63-4)53-50(62)55-39-27-22-32(17-14-28-54(3)30-33-15-8-5-9-16-33)29-38(39)51(49(55)61)40(46(52)58)43-48(60)64-44(35-20-12-7-13-21-35)42(34-18-10-6-11-19-34)56(43)45(51)36-23-25-37(57)26-24-36/h5-13,15-16,18-27,29,31,40-45,57H,28,30H2,1-4H3,(H2,52,58)(H,53,62). The number of rotatable bonds is 10. The quantitative estimate of drug-likeness (QED) is 0.113. The van der Waals surface area contributed by atoms with Gasteiger partial charge in [-0.2, -0.15) is 0 Å². The fourth-order valence-electron chi connectivity index (χ4n) is 9.72. The number of anilines is 1. The number of methoxy groups -OCH3 is 1. The van der Waals surface area contributed by atoms with Crippen molar-refractivity contribution in [3.8, 4) is 17.6 Å². The number of nitrogens with one attached hydrogen (secondary N) is 1. The van der Waals surface area contributed by atoms with E-state index in [1.165, 1.54) is 19.2 Å². The van der Waals surface area contributed by atoms with Crippen LogP contribution in [0.2, 0.25) is 0 Å². The zero-order valence-electron chi connectivity index (χ0n) is 35.9. The highest BCUT2D eigenvalue weighted by atomic mass is 16.6. The molecule has 7 atom stereocenters. The molecule has 3 aliphatic heterocycles. The Morgan fingerprint density at radius 3 is 2.09 bits per heavy atom. The Morgan fingerprint density at radius 1 is 0.859 bits per heavy atom. The van der Waals surface area contributed by atoms with Crippen LogP contribution in [0.1, 0.15) is 65.4 Å². The molecule has 5 aromatic rings. The molecular formula is C51H49N5O8. The average Bonchev–Trinajstić information content (AvgIpc) is 3.75. The van der Waals surface area contributed by atoms with E-state index in [9.17, 15) is 24.3 Å². The van der Waals surface area contributed by atoms with E-state index >= 15 is 4.79 Å². The first-order valence-corrected chi connectivity index (χ1v) is 21.1. The molecule has 8 rings (SSSR count). The minimum Gasteiger partial charge on any atom is -0.508 e. The van der Waals surface area contributed by atoms with Gasteiger partial charge in [0.1, 0.15) is 29.4 Å². The molecule has 2 fully saturated rings. The maximum atomic E-state index is 16.1. The van der Waals surface area contributed by atoms with Crippen LogP contribution in [0.4, 0.5) is 10.5 Å². The fourth-order valence-corrected chi connectivity index (χ4v) is 9.72. The molecule has 0 aromatic heterocycles. The number of phenols is 1. The van der Waals surface area contributed by atoms with E-state index < -0.39 is 77.3 Å². The van der Waals surface area contributed by atoms with Crippen LogP contribution >= 0.6 is 0 Å². The third kappa shape index (κ3) is 7.65. The van der Waals surface area contributed by atoms with Crippen molar-refractivity contribution >= 4 is 35.5 Å². The number of cyclic esters (lactones) is 1. The maximum absolute atomic E-state index is 16.1. The number of benzene rings is 5. The van der Waals surface area contributed by atoms with Crippen LogP contribution in [0, 0.1) is 23.7 Å². The Bertz CT molecular complexity index is 2630. The Labute approximate surface area is 371 Å². The van der Waals surface area contributed by atoms with E-state index in [1.807, 2.05) is 103 Å². The molecule has 0 bridgehead atoms. The van der Waals surface area contributed by atoms with E-state index in [2.05, 4.69) is 22.1 Å². The van der Waals surface area contributed by atoms with Gasteiger partial charge in [-0.25, -0.2) is 14.5 Å². The molecule has 4 N–H and O–H groups in total. The number of ether oxygens (including phenoxy) is 2. The molecular weight excluding hydrogens is 811 g/mol. The predicted octanol–water partition coefficient (Wildman–Crippen LogP) is 5.93. The van der Waals surface area contributed by atoms with Crippen molar-refractivity contribution in [3.05, 3.63) is 167 Å². The normalized spacial score (nSPS) is 22.9. The van der Waals surface area contributed by atoms with E-state index in [-0.39, 0.29) is 17.0 Å². The van der Waals surface area contributed by atoms with E-state index in [0.717, 1.165) is 16.0 Å². The van der Waals surface area contributed by atoms with E-state index in [0.29, 0.717) is 29.8 Å². The fraction of sp³-hybridized carbons (Fsp3) is 0.275. The Hall–Kier alpha value is -7.27. The molecule has 4 amide bonds. The first-order valence-electron chi connectivity index (χ1n) is 21.1. The molecule has 7 unspecified atom stereocenters. The summed E-state index contributed by atoms with van der Waals surface area (Å²) in [7, 11) is 3.16. The number of hydrogen-bond acceptors (Lipinski definition) is 10. The number of phenolic OH excluding ortho intramolecular Hbond substituents is 1. The summed E-state index contributed by atoms with van der Waals surface area (Å²) in [5, 5.41) is 13.3. The number of aromatic hydroxyl groups is 1. The third-order valence-corrected chi connectivity index (χ3v) is 12.5. The van der Waals surface area contributed by atoms with Crippen molar-refractivity contribution < 1.29 is 38.6 Å². The van der Waals surface area contributed by atoms with E-state index in [4.69, 9.17) is 15.2 Å². The first-order chi connectivity index (χ1) is 30.9. The number of fused-ring (bicyclic) bond motifs is 3. The zero-order chi connectivity index (χ0) is 45.3. The van der Waals surface area contributed by atoms with Gasteiger partial charge < -0.3 is 25.6 Å². The number of hydrogen-bond donors (Lipinski definition) is 3. The lowest BCUT2D eigenvalue weighted by Gasteiger charge is -2.46. The van der Waals surface area contributed by atoms with Crippen molar-refractivity contribution in [3.63, 3.8) is 0 Å². The molecule has 64 heavy (non-hydrogen) atoms. The summed E-state index contributed by atoms with van der Waals surface area (Å²) in [5.74, 6) is 0.998. The molecule has 3 heterocycles. The summed E-state index contributed by atoms with van der Waals surface area (Å²) in [6.07, 6.45) is -0.928. The van der Waals surface area contributed by atoms with Crippen LogP contribution < -0.4 is 16.0 Å². The minimum atomic E-state index is -2.09. The number of urea groups is 1. The van der Waals surface area contributed by atoms with Gasteiger partial charge in [-0.3, -0.25) is 24.2 Å². The van der Waals surface area contributed by atoms with Gasteiger partial charge in [0.25, 0.3) is 0 Å². The highest BCUT2D eigenvalue weighted by molar-refractivity contribution is 6.25.